The van der Waals surface area contributed by atoms with Crippen LogP contribution in [0, 0.1) is 3.57 Å². The highest BCUT2D eigenvalue weighted by atomic mass is 127. The molecule has 23 heteroatoms. The Labute approximate surface area is 401 Å². The summed E-state index contributed by atoms with van der Waals surface area (Å²) in [6.45, 7) is 2.97. The van der Waals surface area contributed by atoms with Gasteiger partial charge < -0.3 is 46.4 Å². The maximum Gasteiger partial charge on any atom is 0.326 e. The van der Waals surface area contributed by atoms with E-state index in [-0.39, 0.29) is 129 Å². The molecular weight excluding hydrogens is 991 g/mol. The minimum Gasteiger partial charge on any atom is -0.481 e. The Morgan fingerprint density at radius 3 is 1.51 bits per heavy atom. The summed E-state index contributed by atoms with van der Waals surface area (Å²) in [5, 5.41) is 54.7. The van der Waals surface area contributed by atoms with Gasteiger partial charge in [-0.25, -0.2) is 9.59 Å². The Morgan fingerprint density at radius 2 is 1.06 bits per heavy atom. The predicted molar refractivity (Wildman–Crippen MR) is 249 cm³/mol. The van der Waals surface area contributed by atoms with Gasteiger partial charge in [-0.1, -0.05) is 24.3 Å². The lowest BCUT2D eigenvalue weighted by atomic mass is 10.1. The number of ketones is 1. The number of benzene rings is 2. The van der Waals surface area contributed by atoms with E-state index < -0.39 is 53.7 Å². The number of rotatable bonds is 25. The number of Topliss-reactive ketones (excluding diaryl/α,β-unsaturated/α-hetero) is 1. The molecule has 1 heterocycles. The number of hydrogen-bond acceptors (Lipinski definition) is 13. The maximum atomic E-state index is 13.9. The van der Waals surface area contributed by atoms with Crippen LogP contribution in [0.3, 0.4) is 0 Å². The van der Waals surface area contributed by atoms with Gasteiger partial charge in [0.05, 0.1) is 32.2 Å². The largest absolute Gasteiger partial charge is 0.481 e. The van der Waals surface area contributed by atoms with Crippen molar-refractivity contribution in [3.05, 3.63) is 68.8 Å². The summed E-state index contributed by atoms with van der Waals surface area (Å²) in [5.74, 6) is -6.73. The molecule has 8 N–H and O–H groups in total. The number of amides is 4. The zero-order chi connectivity index (χ0) is 49.5. The van der Waals surface area contributed by atoms with E-state index >= 15 is 0 Å². The average Bonchev–Trinajstić information content (AvgIpc) is 3.25. The zero-order valence-corrected chi connectivity index (χ0v) is 39.6. The smallest absolute Gasteiger partial charge is 0.326 e. The van der Waals surface area contributed by atoms with Gasteiger partial charge in [0.25, 0.3) is 5.91 Å². The Morgan fingerprint density at radius 1 is 0.597 bits per heavy atom. The third-order valence-corrected chi connectivity index (χ3v) is 11.6. The molecular formula is C44H61IN8O14. The molecule has 0 radical (unpaired) electrons. The molecule has 2 aromatic rings. The van der Waals surface area contributed by atoms with E-state index in [0.717, 1.165) is 9.13 Å². The van der Waals surface area contributed by atoms with Crippen LogP contribution >= 0.6 is 22.6 Å². The normalized spacial score (nSPS) is 15.4. The third kappa shape index (κ3) is 22.5. The van der Waals surface area contributed by atoms with Gasteiger partial charge in [-0.05, 0) is 90.6 Å². The first-order chi connectivity index (χ1) is 31.8. The molecule has 1 aliphatic heterocycles. The molecule has 3 rings (SSSR count). The second-order valence-corrected chi connectivity index (χ2v) is 17.5. The maximum absolute atomic E-state index is 13.9. The van der Waals surface area contributed by atoms with Gasteiger partial charge in [-0.2, -0.15) is 0 Å². The van der Waals surface area contributed by atoms with Crippen molar-refractivity contribution in [2.24, 2.45) is 0 Å². The summed E-state index contributed by atoms with van der Waals surface area (Å²) >= 11 is 2.18. The van der Waals surface area contributed by atoms with E-state index in [4.69, 9.17) is 5.11 Å². The van der Waals surface area contributed by atoms with E-state index in [9.17, 15) is 63.6 Å². The van der Waals surface area contributed by atoms with Crippen LogP contribution in [0.25, 0.3) is 0 Å². The number of hydrogen-bond donors (Lipinski definition) is 8. The van der Waals surface area contributed by atoms with Gasteiger partial charge in [0, 0.05) is 87.5 Å². The predicted octanol–water partition coefficient (Wildman–Crippen LogP) is 0.770. The second-order valence-electron chi connectivity index (χ2n) is 16.2. The van der Waals surface area contributed by atoms with E-state index in [2.05, 4.69) is 38.5 Å². The summed E-state index contributed by atoms with van der Waals surface area (Å²) in [6, 6.07) is 11.0. The van der Waals surface area contributed by atoms with Crippen molar-refractivity contribution in [1.82, 2.24) is 40.4 Å². The molecule has 22 nitrogen and oxygen atoms in total. The molecule has 4 amide bonds. The first-order valence-corrected chi connectivity index (χ1v) is 22.8. The number of carbonyl (C=O) groups is 9. The average molecular weight is 1050 g/mol. The van der Waals surface area contributed by atoms with Crippen LogP contribution in [0.15, 0.2) is 48.5 Å². The quantitative estimate of drug-likeness (QED) is 0.0503. The van der Waals surface area contributed by atoms with Crippen LogP contribution in [0.4, 0.5) is 4.79 Å². The van der Waals surface area contributed by atoms with Gasteiger partial charge in [0.15, 0.2) is 5.78 Å². The molecule has 67 heavy (non-hydrogen) atoms. The van der Waals surface area contributed by atoms with E-state index in [1.165, 1.54) is 6.92 Å². The standard InChI is InChI=1S/C44H61IN8O14/c1-30(54)35(13-14-38(56)57)47-44(67)48-36(43(65)66)4-2-3-15-53(25-32-7-11-34(45)12-8-32)42(64)33-9-5-31(6-10-33)24-46-37(55)26-49-16-18-50(27-39(58)59)20-22-52(29-41(62)63)23-21-51(19-17-49)28-40(60)61/h5-12,35-36H,2-4,13-29H2,1H3,(H,46,55)(H,56,57)(H,58,59)(H,60,61)(H,62,63)(H,65,66)(H2,47,48,67)/t35-,36-/m1/s1. The van der Waals surface area contributed by atoms with Gasteiger partial charge in [0.1, 0.15) is 6.04 Å². The number of carboxylic acids is 5. The van der Waals surface area contributed by atoms with E-state index in [0.29, 0.717) is 24.0 Å². The lowest BCUT2D eigenvalue weighted by molar-refractivity contribution is -0.140. The number of urea groups is 1. The summed E-state index contributed by atoms with van der Waals surface area (Å²) in [4.78, 5) is 118. The molecule has 0 unspecified atom stereocenters. The monoisotopic (exact) mass is 1050 g/mol. The molecule has 0 spiro atoms. The van der Waals surface area contributed by atoms with Gasteiger partial charge in [-0.3, -0.25) is 53.2 Å². The number of carbonyl (C=O) groups excluding carboxylic acids is 4. The minimum absolute atomic E-state index is 0.00767. The number of aliphatic carboxylic acids is 5. The molecule has 2 aromatic carbocycles. The van der Waals surface area contributed by atoms with Crippen LogP contribution in [0.2, 0.25) is 0 Å². The highest BCUT2D eigenvalue weighted by molar-refractivity contribution is 14.1. The van der Waals surface area contributed by atoms with Crippen molar-refractivity contribution in [2.75, 3.05) is 85.1 Å². The van der Waals surface area contributed by atoms with Gasteiger partial charge >= 0.3 is 35.9 Å². The SMILES string of the molecule is CC(=O)[C@@H](CCC(=O)O)NC(=O)N[C@H](CCCCN(Cc1ccc(I)cc1)C(=O)c1ccc(CNC(=O)CN2CCN(CC(=O)O)CCN(CC(=O)O)CCN(CC(=O)O)CC2)cc1)C(=O)O. The number of nitrogens with one attached hydrogen (secondary N) is 3. The van der Waals surface area contributed by atoms with Crippen LogP contribution < -0.4 is 16.0 Å². The first-order valence-electron chi connectivity index (χ1n) is 21.7. The van der Waals surface area contributed by atoms with E-state index in [1.54, 1.807) is 43.9 Å². The van der Waals surface area contributed by atoms with Crippen molar-refractivity contribution in [1.29, 1.82) is 0 Å². The van der Waals surface area contributed by atoms with Crippen LogP contribution in [0.5, 0.6) is 0 Å². The van der Waals surface area contributed by atoms with E-state index in [1.807, 2.05) is 29.2 Å². The first kappa shape index (κ1) is 55.6. The number of carboxylic acid groups (broad SMARTS) is 5. The number of unbranched alkanes of at least 4 members (excludes halogenated alkanes) is 1. The second kappa shape index (κ2) is 29.1. The fourth-order valence-electron chi connectivity index (χ4n) is 7.17. The van der Waals surface area contributed by atoms with Crippen LogP contribution in [-0.4, -0.2) is 201 Å². The number of halogens is 1. The fraction of sp³-hybridized carbons (Fsp3) is 0.523. The highest BCUT2D eigenvalue weighted by Crippen LogP contribution is 2.16. The van der Waals surface area contributed by atoms with Crippen molar-refractivity contribution in [2.45, 2.75) is 64.2 Å². The summed E-state index contributed by atoms with van der Waals surface area (Å²) in [6.07, 6.45) is 0.160. The molecule has 368 valence electrons. The molecule has 0 saturated carbocycles. The Balaban J connectivity index is 1.64. The number of nitrogens with zero attached hydrogens (tertiary/aromatic N) is 5. The van der Waals surface area contributed by atoms with Crippen molar-refractivity contribution < 1.29 is 68.7 Å². The summed E-state index contributed by atoms with van der Waals surface area (Å²) in [7, 11) is 0. The van der Waals surface area contributed by atoms with Gasteiger partial charge in [0.2, 0.25) is 5.91 Å². The molecule has 0 aromatic heterocycles. The minimum atomic E-state index is -1.32. The molecule has 1 aliphatic rings. The third-order valence-electron chi connectivity index (χ3n) is 10.9. The Kier molecular flexibility index (Phi) is 24.1. The fourth-order valence-corrected chi connectivity index (χ4v) is 7.53. The summed E-state index contributed by atoms with van der Waals surface area (Å²) < 4.78 is 1.01. The Hall–Kier alpha value is -5.76. The lowest BCUT2D eigenvalue weighted by Crippen LogP contribution is -2.50. The molecule has 1 saturated heterocycles. The Bertz CT molecular complexity index is 1980. The molecule has 1 fully saturated rings. The summed E-state index contributed by atoms with van der Waals surface area (Å²) in [5.41, 5.74) is 1.93. The van der Waals surface area contributed by atoms with Crippen molar-refractivity contribution in [3.8, 4) is 0 Å². The van der Waals surface area contributed by atoms with Crippen LogP contribution in [0.1, 0.15) is 60.5 Å². The molecule has 2 atom stereocenters. The highest BCUT2D eigenvalue weighted by Gasteiger charge is 2.25. The van der Waals surface area contributed by atoms with Crippen molar-refractivity contribution >= 4 is 76.1 Å². The molecule has 0 bridgehead atoms. The van der Waals surface area contributed by atoms with Crippen LogP contribution in [-0.2, 0) is 46.7 Å². The lowest BCUT2D eigenvalue weighted by Gasteiger charge is -2.32. The van der Waals surface area contributed by atoms with Gasteiger partial charge in [-0.15, -0.1) is 0 Å². The topological polar surface area (TPSA) is 307 Å². The van der Waals surface area contributed by atoms with Crippen molar-refractivity contribution in [3.63, 3.8) is 0 Å². The zero-order valence-electron chi connectivity index (χ0n) is 37.4. The molecule has 0 aliphatic carbocycles.